The Balaban J connectivity index is 1.58. The van der Waals surface area contributed by atoms with Gasteiger partial charge < -0.3 is 8.98 Å². The van der Waals surface area contributed by atoms with Gasteiger partial charge in [-0.15, -0.1) is 0 Å². The number of imidazole rings is 1. The highest BCUT2D eigenvalue weighted by molar-refractivity contribution is 7.99. The normalized spacial score (nSPS) is 11.3. The lowest BCUT2D eigenvalue weighted by molar-refractivity contribution is -0.387. The molecule has 2 aromatic heterocycles. The molecule has 0 saturated heterocycles. The van der Waals surface area contributed by atoms with Crippen LogP contribution in [0.15, 0.2) is 81.5 Å². The Hall–Kier alpha value is -3.65. The van der Waals surface area contributed by atoms with Crippen molar-refractivity contribution in [2.45, 2.75) is 10.1 Å². The molecule has 0 aliphatic rings. The second-order valence-corrected chi connectivity index (χ2v) is 7.26. The summed E-state index contributed by atoms with van der Waals surface area (Å²) in [7, 11) is 1.82. The molecule has 144 valence electrons. The number of para-hydroxylation sites is 1. The molecule has 2 aromatic carbocycles. The second kappa shape index (κ2) is 7.76. The Kier molecular flexibility index (Phi) is 5.01. The summed E-state index contributed by atoms with van der Waals surface area (Å²) in [6.07, 6.45) is 6.30. The average molecular weight is 405 g/mol. The van der Waals surface area contributed by atoms with Crippen LogP contribution in [0.1, 0.15) is 16.1 Å². The van der Waals surface area contributed by atoms with Crippen molar-refractivity contribution in [3.8, 4) is 0 Å². The van der Waals surface area contributed by atoms with E-state index in [9.17, 15) is 14.9 Å². The molecule has 4 aromatic rings. The van der Waals surface area contributed by atoms with Gasteiger partial charge in [-0.1, -0.05) is 30.3 Å². The quantitative estimate of drug-likeness (QED) is 0.191. The van der Waals surface area contributed by atoms with Gasteiger partial charge in [-0.2, -0.15) is 0 Å². The predicted molar refractivity (Wildman–Crippen MR) is 110 cm³/mol. The lowest BCUT2D eigenvalue weighted by Gasteiger charge is -2.04. The van der Waals surface area contributed by atoms with Crippen LogP contribution in [0.25, 0.3) is 17.0 Å². The zero-order chi connectivity index (χ0) is 20.4. The molecular weight excluding hydrogens is 390 g/mol. The fraction of sp³-hybridized carbons (Fsp3) is 0.0476. The summed E-state index contributed by atoms with van der Waals surface area (Å²) in [5.74, 6) is -0.0887. The van der Waals surface area contributed by atoms with Gasteiger partial charge in [0.1, 0.15) is 5.58 Å². The molecule has 0 spiro atoms. The molecule has 0 bridgehead atoms. The van der Waals surface area contributed by atoms with Crippen LogP contribution in [0, 0.1) is 10.1 Å². The standard InChI is InChI=1S/C21H15N3O4S/c1-23-11-10-22-21(23)29-20-9-7-14(12-16(20)24(26)27)6-8-17(25)19-13-15-4-2-3-5-18(15)28-19/h2-13H,1H3. The largest absolute Gasteiger partial charge is 0.453 e. The summed E-state index contributed by atoms with van der Waals surface area (Å²) in [6.45, 7) is 0. The van der Waals surface area contributed by atoms with Crippen LogP contribution in [0.3, 0.4) is 0 Å². The Morgan fingerprint density at radius 3 is 2.79 bits per heavy atom. The number of carbonyl (C=O) groups is 1. The van der Waals surface area contributed by atoms with Crippen molar-refractivity contribution in [1.82, 2.24) is 9.55 Å². The Labute approximate surface area is 169 Å². The first kappa shape index (κ1) is 18.7. The second-order valence-electron chi connectivity index (χ2n) is 6.25. The van der Waals surface area contributed by atoms with Gasteiger partial charge in [0.25, 0.3) is 5.69 Å². The van der Waals surface area contributed by atoms with Gasteiger partial charge >= 0.3 is 0 Å². The van der Waals surface area contributed by atoms with Crippen LogP contribution < -0.4 is 0 Å². The Bertz CT molecular complexity index is 1220. The third kappa shape index (κ3) is 3.97. The van der Waals surface area contributed by atoms with E-state index >= 15 is 0 Å². The number of allylic oxidation sites excluding steroid dienone is 1. The molecule has 0 aliphatic heterocycles. The lowest BCUT2D eigenvalue weighted by Crippen LogP contribution is -1.94. The number of fused-ring (bicyclic) bond motifs is 1. The summed E-state index contributed by atoms with van der Waals surface area (Å²) in [5, 5.41) is 13.0. The van der Waals surface area contributed by atoms with Crippen molar-refractivity contribution >= 4 is 40.3 Å². The number of rotatable bonds is 6. The van der Waals surface area contributed by atoms with Gasteiger partial charge in [-0.25, -0.2) is 4.98 Å². The van der Waals surface area contributed by atoms with E-state index in [-0.39, 0.29) is 17.2 Å². The number of nitrogens with zero attached hydrogens (tertiary/aromatic N) is 3. The van der Waals surface area contributed by atoms with Crippen LogP contribution in [0.5, 0.6) is 0 Å². The smallest absolute Gasteiger partial charge is 0.283 e. The van der Waals surface area contributed by atoms with Crippen molar-refractivity contribution in [1.29, 1.82) is 0 Å². The molecule has 0 aliphatic carbocycles. The molecule has 29 heavy (non-hydrogen) atoms. The SMILES string of the molecule is Cn1ccnc1Sc1ccc(C=CC(=O)c2cc3ccccc3o2)cc1[N+](=O)[O-]. The summed E-state index contributed by atoms with van der Waals surface area (Å²) in [5.41, 5.74) is 1.14. The first-order valence-electron chi connectivity index (χ1n) is 8.66. The third-order valence-corrected chi connectivity index (χ3v) is 5.39. The van der Waals surface area contributed by atoms with Gasteiger partial charge in [0, 0.05) is 30.9 Å². The minimum absolute atomic E-state index is 0.0451. The zero-order valence-corrected chi connectivity index (χ0v) is 16.1. The van der Waals surface area contributed by atoms with Crippen LogP contribution in [0.2, 0.25) is 0 Å². The van der Waals surface area contributed by atoms with Gasteiger partial charge in [0.05, 0.1) is 9.82 Å². The molecular formula is C21H15N3O4S. The summed E-state index contributed by atoms with van der Waals surface area (Å²) in [6, 6.07) is 13.8. The van der Waals surface area contributed by atoms with Crippen molar-refractivity contribution in [3.63, 3.8) is 0 Å². The van der Waals surface area contributed by atoms with Crippen molar-refractivity contribution in [2.24, 2.45) is 7.05 Å². The number of hydrogen-bond donors (Lipinski definition) is 0. The predicted octanol–water partition coefficient (Wildman–Crippen LogP) is 5.12. The molecule has 0 amide bonds. The van der Waals surface area contributed by atoms with E-state index in [1.807, 2.05) is 25.2 Å². The van der Waals surface area contributed by atoms with Gasteiger partial charge in [-0.05, 0) is 41.6 Å². The van der Waals surface area contributed by atoms with E-state index in [2.05, 4.69) is 4.98 Å². The number of nitro groups is 1. The van der Waals surface area contributed by atoms with E-state index in [1.165, 1.54) is 30.0 Å². The summed E-state index contributed by atoms with van der Waals surface area (Å²) in [4.78, 5) is 28.1. The maximum Gasteiger partial charge on any atom is 0.283 e. The topological polar surface area (TPSA) is 91.2 Å². The highest BCUT2D eigenvalue weighted by atomic mass is 32.2. The first-order valence-corrected chi connectivity index (χ1v) is 9.47. The van der Waals surface area contributed by atoms with Crippen LogP contribution in [-0.4, -0.2) is 20.3 Å². The minimum Gasteiger partial charge on any atom is -0.453 e. The van der Waals surface area contributed by atoms with Crippen LogP contribution in [0.4, 0.5) is 5.69 Å². The van der Waals surface area contributed by atoms with Crippen molar-refractivity contribution < 1.29 is 14.1 Å². The average Bonchev–Trinajstić information content (AvgIpc) is 3.33. The number of ketones is 1. The monoisotopic (exact) mass is 405 g/mol. The number of aromatic nitrogens is 2. The molecule has 0 unspecified atom stereocenters. The highest BCUT2D eigenvalue weighted by Gasteiger charge is 2.17. The zero-order valence-electron chi connectivity index (χ0n) is 15.3. The third-order valence-electron chi connectivity index (χ3n) is 4.25. The number of hydrogen-bond acceptors (Lipinski definition) is 6. The van der Waals surface area contributed by atoms with Crippen LogP contribution in [-0.2, 0) is 7.05 Å². The van der Waals surface area contributed by atoms with Gasteiger partial charge in [-0.3, -0.25) is 14.9 Å². The molecule has 4 rings (SSSR count). The number of benzene rings is 2. The number of aryl methyl sites for hydroxylation is 1. The number of furan rings is 1. The molecule has 0 atom stereocenters. The lowest BCUT2D eigenvalue weighted by atomic mass is 10.1. The summed E-state index contributed by atoms with van der Waals surface area (Å²) < 4.78 is 7.33. The Morgan fingerprint density at radius 1 is 1.24 bits per heavy atom. The number of carbonyl (C=O) groups excluding carboxylic acids is 1. The molecule has 0 fully saturated rings. The van der Waals surface area contributed by atoms with E-state index in [0.717, 1.165) is 5.39 Å². The van der Waals surface area contributed by atoms with E-state index in [4.69, 9.17) is 4.42 Å². The number of nitro benzene ring substituents is 1. The van der Waals surface area contributed by atoms with Crippen molar-refractivity contribution in [2.75, 3.05) is 0 Å². The van der Waals surface area contributed by atoms with Crippen molar-refractivity contribution in [3.05, 3.63) is 88.4 Å². The Morgan fingerprint density at radius 2 is 2.07 bits per heavy atom. The molecule has 0 radical (unpaired) electrons. The maximum absolute atomic E-state index is 12.4. The molecule has 7 nitrogen and oxygen atoms in total. The fourth-order valence-electron chi connectivity index (χ4n) is 2.77. The first-order chi connectivity index (χ1) is 14.0. The highest BCUT2D eigenvalue weighted by Crippen LogP contribution is 2.34. The van der Waals surface area contributed by atoms with E-state index < -0.39 is 4.92 Å². The molecule has 2 heterocycles. The minimum atomic E-state index is -0.441. The van der Waals surface area contributed by atoms with E-state index in [1.54, 1.807) is 41.2 Å². The van der Waals surface area contributed by atoms with E-state index in [0.29, 0.717) is 21.2 Å². The van der Waals surface area contributed by atoms with Crippen LogP contribution >= 0.6 is 11.8 Å². The maximum atomic E-state index is 12.4. The molecule has 0 saturated carbocycles. The molecule has 0 N–H and O–H groups in total. The fourth-order valence-corrected chi connectivity index (χ4v) is 3.66. The van der Waals surface area contributed by atoms with Gasteiger partial charge in [0.15, 0.2) is 10.9 Å². The van der Waals surface area contributed by atoms with Gasteiger partial charge in [0.2, 0.25) is 5.78 Å². The summed E-state index contributed by atoms with van der Waals surface area (Å²) >= 11 is 1.21. The molecule has 8 heteroatoms.